The van der Waals surface area contributed by atoms with E-state index in [4.69, 9.17) is 5.11 Å². The quantitative estimate of drug-likeness (QED) is 0.720. The first-order valence-electron chi connectivity index (χ1n) is 9.88. The van der Waals surface area contributed by atoms with Gasteiger partial charge in [0.2, 0.25) is 5.82 Å². The standard InChI is InChI=1S/C22H25N5O2/c1-17-7-9-19(10-8-17)27-21(18-5-3-2-4-6-18)23-20(24-27)22(29)26-13-11-25(12-14-26)15-16-28/h2-10,28H,11-16H2,1H3. The van der Waals surface area contributed by atoms with Gasteiger partial charge in [0.15, 0.2) is 5.82 Å². The highest BCUT2D eigenvalue weighted by molar-refractivity contribution is 5.91. The van der Waals surface area contributed by atoms with Crippen molar-refractivity contribution in [3.63, 3.8) is 0 Å². The number of hydrogen-bond acceptors (Lipinski definition) is 5. The number of β-amino-alcohol motifs (C(OH)–C–C–N with tert-alkyl or cyclic N) is 1. The molecule has 0 unspecified atom stereocenters. The van der Waals surface area contributed by atoms with Crippen LogP contribution in [0.1, 0.15) is 16.2 Å². The molecule has 4 rings (SSSR count). The van der Waals surface area contributed by atoms with Crippen LogP contribution >= 0.6 is 0 Å². The zero-order valence-electron chi connectivity index (χ0n) is 16.5. The van der Waals surface area contributed by atoms with Crippen molar-refractivity contribution in [3.8, 4) is 17.1 Å². The molecule has 29 heavy (non-hydrogen) atoms. The van der Waals surface area contributed by atoms with E-state index in [1.54, 1.807) is 9.58 Å². The van der Waals surface area contributed by atoms with E-state index < -0.39 is 0 Å². The van der Waals surface area contributed by atoms with Gasteiger partial charge in [-0.1, -0.05) is 48.0 Å². The molecule has 7 heteroatoms. The summed E-state index contributed by atoms with van der Waals surface area (Å²) >= 11 is 0. The van der Waals surface area contributed by atoms with Crippen molar-refractivity contribution in [3.05, 3.63) is 66.0 Å². The Morgan fingerprint density at radius 1 is 1.00 bits per heavy atom. The number of rotatable bonds is 5. The number of hydrogen-bond donors (Lipinski definition) is 1. The molecule has 0 saturated carbocycles. The largest absolute Gasteiger partial charge is 0.395 e. The highest BCUT2D eigenvalue weighted by atomic mass is 16.3. The summed E-state index contributed by atoms with van der Waals surface area (Å²) in [6.45, 7) is 5.52. The van der Waals surface area contributed by atoms with Crippen molar-refractivity contribution in [1.29, 1.82) is 0 Å². The Morgan fingerprint density at radius 2 is 1.69 bits per heavy atom. The number of carbonyl (C=O) groups is 1. The molecular formula is C22H25N5O2. The summed E-state index contributed by atoms with van der Waals surface area (Å²) in [5.41, 5.74) is 2.94. The fourth-order valence-corrected chi connectivity index (χ4v) is 3.50. The van der Waals surface area contributed by atoms with E-state index in [2.05, 4.69) is 15.0 Å². The van der Waals surface area contributed by atoms with E-state index >= 15 is 0 Å². The monoisotopic (exact) mass is 391 g/mol. The van der Waals surface area contributed by atoms with Gasteiger partial charge in [-0.3, -0.25) is 9.69 Å². The van der Waals surface area contributed by atoms with E-state index in [0.717, 1.165) is 29.9 Å². The van der Waals surface area contributed by atoms with Crippen molar-refractivity contribution in [2.45, 2.75) is 6.92 Å². The molecule has 0 atom stereocenters. The minimum atomic E-state index is -0.156. The molecule has 1 fully saturated rings. The Hall–Kier alpha value is -3.03. The maximum absolute atomic E-state index is 13.1. The molecule has 0 spiro atoms. The molecule has 7 nitrogen and oxygen atoms in total. The van der Waals surface area contributed by atoms with Gasteiger partial charge in [0.25, 0.3) is 5.91 Å². The molecule has 1 aliphatic heterocycles. The molecule has 2 heterocycles. The average molecular weight is 391 g/mol. The van der Waals surface area contributed by atoms with Gasteiger partial charge in [-0.15, -0.1) is 5.10 Å². The number of piperazine rings is 1. The SMILES string of the molecule is Cc1ccc(-n2nc(C(=O)N3CCN(CCO)CC3)nc2-c2ccccc2)cc1. The molecular weight excluding hydrogens is 366 g/mol. The summed E-state index contributed by atoms with van der Waals surface area (Å²) in [6, 6.07) is 17.8. The van der Waals surface area contributed by atoms with Gasteiger partial charge in [-0.2, -0.15) is 0 Å². The highest BCUT2D eigenvalue weighted by Crippen LogP contribution is 2.22. The molecule has 1 aromatic heterocycles. The Bertz CT molecular complexity index is 961. The molecule has 1 amide bonds. The van der Waals surface area contributed by atoms with Crippen LogP contribution in [0.5, 0.6) is 0 Å². The van der Waals surface area contributed by atoms with Gasteiger partial charge in [-0.25, -0.2) is 9.67 Å². The Labute approximate surface area is 170 Å². The molecule has 150 valence electrons. The first kappa shape index (κ1) is 19.3. The normalized spacial score (nSPS) is 14.9. The third-order valence-electron chi connectivity index (χ3n) is 5.18. The Kier molecular flexibility index (Phi) is 5.69. The van der Waals surface area contributed by atoms with Crippen LogP contribution in [0.15, 0.2) is 54.6 Å². The second kappa shape index (κ2) is 8.55. The fourth-order valence-electron chi connectivity index (χ4n) is 3.50. The molecule has 1 N–H and O–H groups in total. The number of aryl methyl sites for hydroxylation is 1. The van der Waals surface area contributed by atoms with Crippen molar-refractivity contribution >= 4 is 5.91 Å². The van der Waals surface area contributed by atoms with Gasteiger partial charge in [-0.05, 0) is 19.1 Å². The maximum Gasteiger partial charge on any atom is 0.293 e. The molecule has 0 aliphatic carbocycles. The van der Waals surface area contributed by atoms with Gasteiger partial charge in [0.1, 0.15) is 0 Å². The summed E-state index contributed by atoms with van der Waals surface area (Å²) in [4.78, 5) is 21.6. The minimum Gasteiger partial charge on any atom is -0.395 e. The molecule has 1 aliphatic rings. The van der Waals surface area contributed by atoms with E-state index in [9.17, 15) is 4.79 Å². The zero-order chi connectivity index (χ0) is 20.2. The Morgan fingerprint density at radius 3 is 2.34 bits per heavy atom. The predicted octanol–water partition coefficient (Wildman–Crippen LogP) is 1.99. The second-order valence-electron chi connectivity index (χ2n) is 7.23. The maximum atomic E-state index is 13.1. The molecule has 3 aromatic rings. The van der Waals surface area contributed by atoms with Gasteiger partial charge in [0, 0.05) is 38.3 Å². The second-order valence-corrected chi connectivity index (χ2v) is 7.23. The number of benzene rings is 2. The number of aliphatic hydroxyl groups is 1. The van der Waals surface area contributed by atoms with E-state index in [1.807, 2.05) is 61.5 Å². The van der Waals surface area contributed by atoms with Crippen LogP contribution in [-0.4, -0.2) is 74.9 Å². The number of aliphatic hydroxyl groups excluding tert-OH is 1. The first-order valence-corrected chi connectivity index (χ1v) is 9.88. The van der Waals surface area contributed by atoms with Crippen LogP contribution in [0, 0.1) is 6.92 Å². The van der Waals surface area contributed by atoms with Crippen LogP contribution in [0.2, 0.25) is 0 Å². The lowest BCUT2D eigenvalue weighted by atomic mass is 10.2. The van der Waals surface area contributed by atoms with E-state index in [-0.39, 0.29) is 18.3 Å². The lowest BCUT2D eigenvalue weighted by Crippen LogP contribution is -2.49. The van der Waals surface area contributed by atoms with Crippen LogP contribution in [0.25, 0.3) is 17.1 Å². The summed E-state index contributed by atoms with van der Waals surface area (Å²) in [5.74, 6) is 0.702. The molecule has 2 aromatic carbocycles. The van der Waals surface area contributed by atoms with Crippen LogP contribution < -0.4 is 0 Å². The zero-order valence-corrected chi connectivity index (χ0v) is 16.5. The summed E-state index contributed by atoms with van der Waals surface area (Å²) < 4.78 is 1.74. The predicted molar refractivity (Wildman–Crippen MR) is 111 cm³/mol. The number of aromatic nitrogens is 3. The van der Waals surface area contributed by atoms with Crippen LogP contribution in [0.3, 0.4) is 0 Å². The minimum absolute atomic E-state index is 0.136. The van der Waals surface area contributed by atoms with Crippen molar-refractivity contribution in [2.75, 3.05) is 39.3 Å². The molecule has 1 saturated heterocycles. The van der Waals surface area contributed by atoms with Crippen molar-refractivity contribution in [2.24, 2.45) is 0 Å². The van der Waals surface area contributed by atoms with Crippen molar-refractivity contribution < 1.29 is 9.90 Å². The molecule has 0 bridgehead atoms. The number of nitrogens with zero attached hydrogens (tertiary/aromatic N) is 5. The van der Waals surface area contributed by atoms with E-state index in [0.29, 0.717) is 25.5 Å². The topological polar surface area (TPSA) is 74.5 Å². The first-order chi connectivity index (χ1) is 14.2. The highest BCUT2D eigenvalue weighted by Gasteiger charge is 2.26. The number of amides is 1. The summed E-state index contributed by atoms with van der Waals surface area (Å²) in [7, 11) is 0. The smallest absolute Gasteiger partial charge is 0.293 e. The lowest BCUT2D eigenvalue weighted by molar-refractivity contribution is 0.0603. The third kappa shape index (κ3) is 4.21. The third-order valence-corrected chi connectivity index (χ3v) is 5.18. The lowest BCUT2D eigenvalue weighted by Gasteiger charge is -2.33. The molecule has 0 radical (unpaired) electrons. The van der Waals surface area contributed by atoms with Crippen LogP contribution in [0.4, 0.5) is 0 Å². The fraction of sp³-hybridized carbons (Fsp3) is 0.318. The average Bonchev–Trinajstić information content (AvgIpc) is 3.21. The van der Waals surface area contributed by atoms with Gasteiger partial charge in [0.05, 0.1) is 12.3 Å². The van der Waals surface area contributed by atoms with Gasteiger partial charge >= 0.3 is 0 Å². The van der Waals surface area contributed by atoms with Crippen molar-refractivity contribution in [1.82, 2.24) is 24.6 Å². The number of carbonyl (C=O) groups excluding carboxylic acids is 1. The van der Waals surface area contributed by atoms with E-state index in [1.165, 1.54) is 0 Å². The Balaban J connectivity index is 1.64. The summed E-state index contributed by atoms with van der Waals surface area (Å²) in [6.07, 6.45) is 0. The summed E-state index contributed by atoms with van der Waals surface area (Å²) in [5, 5.41) is 13.7. The van der Waals surface area contributed by atoms with Crippen LogP contribution in [-0.2, 0) is 0 Å². The van der Waals surface area contributed by atoms with Gasteiger partial charge < -0.3 is 10.0 Å².